The largest absolute Gasteiger partial charge is 0.403 e. The van der Waals surface area contributed by atoms with Gasteiger partial charge in [0.2, 0.25) is 10.0 Å². The lowest BCUT2D eigenvalue weighted by atomic mass is 9.59. The highest BCUT2D eigenvalue weighted by molar-refractivity contribution is 7.90. The first-order valence-electron chi connectivity index (χ1n) is 12.1. The molecule has 0 aromatic rings. The number of aliphatic imine (C=N–C) groups is 1. The highest BCUT2D eigenvalue weighted by Gasteiger charge is 2.43. The Kier molecular flexibility index (Phi) is 8.59. The Morgan fingerprint density at radius 2 is 1.91 bits per heavy atom. The monoisotopic (exact) mass is 464 g/mol. The molecule has 0 saturated heterocycles. The summed E-state index contributed by atoms with van der Waals surface area (Å²) in [7, 11) is -1.63. The molecule has 0 aliphatic heterocycles. The Bertz CT molecular complexity index is 841. The molecule has 3 aliphatic carbocycles. The van der Waals surface area contributed by atoms with Gasteiger partial charge in [0.05, 0.1) is 5.25 Å². The number of fused-ring (bicyclic) bond motifs is 2. The van der Waals surface area contributed by atoms with Gasteiger partial charge in [-0.05, 0) is 94.7 Å². The van der Waals surface area contributed by atoms with Crippen LogP contribution in [0.25, 0.3) is 0 Å². The van der Waals surface area contributed by atoms with Crippen molar-refractivity contribution >= 4 is 15.9 Å². The maximum absolute atomic E-state index is 12.0. The average Bonchev–Trinajstić information content (AvgIpc) is 2.79. The van der Waals surface area contributed by atoms with E-state index in [2.05, 4.69) is 15.0 Å². The van der Waals surface area contributed by atoms with Crippen LogP contribution in [-0.4, -0.2) is 46.2 Å². The topological polar surface area (TPSA) is 146 Å². The number of nitrogens with two attached hydrogens (primary N) is 2. The van der Waals surface area contributed by atoms with Crippen LogP contribution in [-0.2, 0) is 10.0 Å². The molecular formula is C23H40N6O2S. The summed E-state index contributed by atoms with van der Waals surface area (Å²) in [5.41, 5.74) is 11.9. The predicted octanol–water partition coefficient (Wildman–Crippen LogP) is 1.99. The van der Waals surface area contributed by atoms with Gasteiger partial charge in [0.1, 0.15) is 17.5 Å². The second kappa shape index (κ2) is 11.0. The fraction of sp³-hybridized carbons (Fsp3) is 0.826. The number of sulfonamides is 1. The van der Waals surface area contributed by atoms with Gasteiger partial charge in [-0.2, -0.15) is 5.26 Å². The SMILES string of the molecule is CNS(=O)(=O)C1CCC(CNC[C@@H]2CC3CCC[C@@](CN=C(N)/C(C#N)=C\N)(C3)C2)CC1. The summed E-state index contributed by atoms with van der Waals surface area (Å²) in [5, 5.41) is 12.6. The molecule has 0 heterocycles. The third-order valence-electron chi connectivity index (χ3n) is 7.96. The third-order valence-corrected chi connectivity index (χ3v) is 9.88. The quantitative estimate of drug-likeness (QED) is 0.233. The van der Waals surface area contributed by atoms with Crippen LogP contribution in [0.3, 0.4) is 0 Å². The predicted molar refractivity (Wildman–Crippen MR) is 128 cm³/mol. The van der Waals surface area contributed by atoms with E-state index in [1.54, 1.807) is 0 Å². The molecule has 0 radical (unpaired) electrons. The minimum absolute atomic E-state index is 0.187. The Morgan fingerprint density at radius 3 is 2.56 bits per heavy atom. The van der Waals surface area contributed by atoms with E-state index in [0.29, 0.717) is 18.4 Å². The van der Waals surface area contributed by atoms with E-state index in [1.165, 1.54) is 45.4 Å². The Hall–Kier alpha value is -1.63. The summed E-state index contributed by atoms with van der Waals surface area (Å²) in [6.45, 7) is 2.66. The molecule has 3 atom stereocenters. The molecule has 0 aromatic carbocycles. The summed E-state index contributed by atoms with van der Waals surface area (Å²) in [4.78, 5) is 4.57. The number of rotatable bonds is 9. The lowest BCUT2D eigenvalue weighted by Crippen LogP contribution is -2.43. The van der Waals surface area contributed by atoms with Crippen molar-refractivity contribution in [2.45, 2.75) is 69.5 Å². The summed E-state index contributed by atoms with van der Waals surface area (Å²) < 4.78 is 26.5. The van der Waals surface area contributed by atoms with Crippen molar-refractivity contribution in [1.82, 2.24) is 10.0 Å². The van der Waals surface area contributed by atoms with E-state index in [0.717, 1.165) is 51.1 Å². The summed E-state index contributed by atoms with van der Waals surface area (Å²) in [5.74, 6) is 2.20. The van der Waals surface area contributed by atoms with E-state index >= 15 is 0 Å². The van der Waals surface area contributed by atoms with E-state index in [1.807, 2.05) is 6.07 Å². The van der Waals surface area contributed by atoms with Crippen molar-refractivity contribution in [2.75, 3.05) is 26.7 Å². The molecule has 0 aromatic heterocycles. The van der Waals surface area contributed by atoms with E-state index in [4.69, 9.17) is 16.7 Å². The van der Waals surface area contributed by atoms with Gasteiger partial charge in [-0.3, -0.25) is 4.99 Å². The molecule has 9 heteroatoms. The van der Waals surface area contributed by atoms with Crippen LogP contribution in [0.4, 0.5) is 0 Å². The molecule has 6 N–H and O–H groups in total. The van der Waals surface area contributed by atoms with Crippen LogP contribution >= 0.6 is 0 Å². The number of nitriles is 1. The molecule has 3 saturated carbocycles. The maximum atomic E-state index is 12.0. The zero-order valence-corrected chi connectivity index (χ0v) is 20.2. The van der Waals surface area contributed by atoms with Crippen molar-refractivity contribution in [3.8, 4) is 6.07 Å². The van der Waals surface area contributed by atoms with Crippen molar-refractivity contribution in [2.24, 2.45) is 39.6 Å². The van der Waals surface area contributed by atoms with Gasteiger partial charge in [-0.1, -0.05) is 12.8 Å². The van der Waals surface area contributed by atoms with Gasteiger partial charge in [0, 0.05) is 12.7 Å². The molecular weight excluding hydrogens is 424 g/mol. The maximum Gasteiger partial charge on any atom is 0.214 e. The van der Waals surface area contributed by atoms with Crippen molar-refractivity contribution in [1.29, 1.82) is 5.26 Å². The van der Waals surface area contributed by atoms with Crippen molar-refractivity contribution in [3.63, 3.8) is 0 Å². The zero-order chi connectivity index (χ0) is 23.2. The fourth-order valence-electron chi connectivity index (χ4n) is 6.32. The molecule has 3 aliphatic rings. The van der Waals surface area contributed by atoms with Gasteiger partial charge in [-0.15, -0.1) is 0 Å². The van der Waals surface area contributed by atoms with E-state index in [-0.39, 0.29) is 22.1 Å². The second-order valence-electron chi connectivity index (χ2n) is 10.2. The Balaban J connectivity index is 1.49. The molecule has 32 heavy (non-hydrogen) atoms. The van der Waals surface area contributed by atoms with Crippen LogP contribution in [0, 0.1) is 34.5 Å². The number of hydrogen-bond acceptors (Lipinski definition) is 6. The average molecular weight is 465 g/mol. The van der Waals surface area contributed by atoms with Crippen molar-refractivity contribution in [3.05, 3.63) is 11.8 Å². The van der Waals surface area contributed by atoms with Gasteiger partial charge in [0.15, 0.2) is 0 Å². The minimum atomic E-state index is -3.14. The zero-order valence-electron chi connectivity index (χ0n) is 19.4. The lowest BCUT2D eigenvalue weighted by molar-refractivity contribution is 0.0467. The molecule has 3 fully saturated rings. The first-order chi connectivity index (χ1) is 15.3. The van der Waals surface area contributed by atoms with Gasteiger partial charge in [0.25, 0.3) is 0 Å². The molecule has 180 valence electrons. The standard InChI is InChI=1S/C23H40N6O2S/c1-27-32(30,31)21-6-4-17(5-7-21)14-28-15-19-9-18-3-2-8-23(10-18,11-19)16-29-22(26)20(12-24)13-25/h12,17-19,21,27-28H,2-11,14-16,24H2,1H3,(H2,26,29)/b20-12-/t17?,18?,19-,21?,23-/m1/s1. The number of hydrogen-bond donors (Lipinski definition) is 4. The summed E-state index contributed by atoms with van der Waals surface area (Å²) >= 11 is 0. The van der Waals surface area contributed by atoms with Crippen LogP contribution in [0.15, 0.2) is 16.8 Å². The van der Waals surface area contributed by atoms with Gasteiger partial charge in [-0.25, -0.2) is 13.1 Å². The number of amidine groups is 1. The molecule has 2 bridgehead atoms. The highest BCUT2D eigenvalue weighted by atomic mass is 32.2. The lowest BCUT2D eigenvalue weighted by Gasteiger charge is -2.48. The first kappa shape index (κ1) is 25.0. The molecule has 0 amide bonds. The van der Waals surface area contributed by atoms with Crippen LogP contribution in [0.2, 0.25) is 0 Å². The smallest absolute Gasteiger partial charge is 0.214 e. The molecule has 1 unspecified atom stereocenters. The minimum Gasteiger partial charge on any atom is -0.403 e. The highest BCUT2D eigenvalue weighted by Crippen LogP contribution is 2.51. The summed E-state index contributed by atoms with van der Waals surface area (Å²) in [6, 6.07) is 2.01. The van der Waals surface area contributed by atoms with Gasteiger partial charge < -0.3 is 16.8 Å². The number of nitrogens with one attached hydrogen (secondary N) is 2. The fourth-order valence-corrected chi connectivity index (χ4v) is 7.55. The molecule has 3 rings (SSSR count). The molecule has 8 nitrogen and oxygen atoms in total. The first-order valence-corrected chi connectivity index (χ1v) is 13.6. The van der Waals surface area contributed by atoms with E-state index < -0.39 is 10.0 Å². The number of nitrogens with zero attached hydrogens (tertiary/aromatic N) is 2. The summed E-state index contributed by atoms with van der Waals surface area (Å²) in [6.07, 6.45) is 12.0. The normalized spacial score (nSPS) is 34.1. The Labute approximate surface area is 193 Å². The third kappa shape index (κ3) is 6.24. The van der Waals surface area contributed by atoms with Gasteiger partial charge >= 0.3 is 0 Å². The van der Waals surface area contributed by atoms with Crippen molar-refractivity contribution < 1.29 is 8.42 Å². The van der Waals surface area contributed by atoms with Crippen LogP contribution in [0.1, 0.15) is 64.2 Å². The van der Waals surface area contributed by atoms with Crippen LogP contribution < -0.4 is 21.5 Å². The Morgan fingerprint density at radius 1 is 1.19 bits per heavy atom. The van der Waals surface area contributed by atoms with E-state index in [9.17, 15) is 8.42 Å². The second-order valence-corrected chi connectivity index (χ2v) is 12.4. The molecule has 0 spiro atoms. The van der Waals surface area contributed by atoms with Crippen LogP contribution in [0.5, 0.6) is 0 Å².